The minimum absolute atomic E-state index is 0.0971. The molecular formula is C14H21N3O. The summed E-state index contributed by atoms with van der Waals surface area (Å²) in [5.41, 5.74) is 6.75. The van der Waals surface area contributed by atoms with Crippen LogP contribution in [0.3, 0.4) is 0 Å². The molecule has 1 aromatic heterocycles. The molecular weight excluding hydrogens is 226 g/mol. The lowest BCUT2D eigenvalue weighted by atomic mass is 10.0. The van der Waals surface area contributed by atoms with Crippen molar-refractivity contribution in [3.05, 3.63) is 24.0 Å². The largest absolute Gasteiger partial charge is 0.398 e. The maximum atomic E-state index is 12.1. The van der Waals surface area contributed by atoms with E-state index in [0.29, 0.717) is 11.3 Å². The standard InChI is InChI=1S/C14H21N3O/c1-10-3-2-4-11(6-5-10)17-14(18)12-9-16-8-7-13(12)15/h7-11H,2-6H2,1H3,(H2,15,16)(H,17,18). The second-order valence-electron chi connectivity index (χ2n) is 5.25. The fourth-order valence-corrected chi connectivity index (χ4v) is 2.49. The Labute approximate surface area is 108 Å². The van der Waals surface area contributed by atoms with Crippen LogP contribution in [0.4, 0.5) is 5.69 Å². The molecule has 1 saturated carbocycles. The summed E-state index contributed by atoms with van der Waals surface area (Å²) in [5.74, 6) is 0.676. The number of nitrogens with zero attached hydrogens (tertiary/aromatic N) is 1. The summed E-state index contributed by atoms with van der Waals surface area (Å²) in [4.78, 5) is 16.0. The number of aromatic nitrogens is 1. The van der Waals surface area contributed by atoms with Crippen LogP contribution in [-0.4, -0.2) is 16.9 Å². The molecule has 1 aromatic rings. The average molecular weight is 247 g/mol. The molecule has 3 N–H and O–H groups in total. The van der Waals surface area contributed by atoms with Crippen LogP contribution in [0.2, 0.25) is 0 Å². The molecule has 2 unspecified atom stereocenters. The first-order chi connectivity index (χ1) is 8.66. The predicted octanol–water partition coefficient (Wildman–Crippen LogP) is 2.36. The van der Waals surface area contributed by atoms with Gasteiger partial charge in [-0.25, -0.2) is 0 Å². The third-order valence-corrected chi connectivity index (χ3v) is 3.69. The monoisotopic (exact) mass is 247 g/mol. The zero-order chi connectivity index (χ0) is 13.0. The van der Waals surface area contributed by atoms with Crippen LogP contribution in [0.5, 0.6) is 0 Å². The number of nitrogen functional groups attached to an aromatic ring is 1. The van der Waals surface area contributed by atoms with Crippen LogP contribution in [0.15, 0.2) is 18.5 Å². The first-order valence-electron chi connectivity index (χ1n) is 6.67. The number of nitrogens with two attached hydrogens (primary N) is 1. The third-order valence-electron chi connectivity index (χ3n) is 3.69. The normalized spacial score (nSPS) is 24.3. The summed E-state index contributed by atoms with van der Waals surface area (Å²) in [6.07, 6.45) is 8.90. The maximum absolute atomic E-state index is 12.1. The van der Waals surface area contributed by atoms with Crippen molar-refractivity contribution in [2.75, 3.05) is 5.73 Å². The minimum Gasteiger partial charge on any atom is -0.398 e. The Morgan fingerprint density at radius 2 is 2.22 bits per heavy atom. The van der Waals surface area contributed by atoms with Gasteiger partial charge in [-0.2, -0.15) is 0 Å². The molecule has 0 saturated heterocycles. The Hall–Kier alpha value is -1.58. The number of hydrogen-bond acceptors (Lipinski definition) is 3. The maximum Gasteiger partial charge on any atom is 0.255 e. The van der Waals surface area contributed by atoms with Crippen molar-refractivity contribution in [1.29, 1.82) is 0 Å². The molecule has 0 spiro atoms. The quantitative estimate of drug-likeness (QED) is 0.788. The molecule has 1 fully saturated rings. The van der Waals surface area contributed by atoms with Gasteiger partial charge in [-0.3, -0.25) is 9.78 Å². The van der Waals surface area contributed by atoms with E-state index in [9.17, 15) is 4.79 Å². The van der Waals surface area contributed by atoms with Gasteiger partial charge >= 0.3 is 0 Å². The van der Waals surface area contributed by atoms with E-state index in [2.05, 4.69) is 17.2 Å². The summed E-state index contributed by atoms with van der Waals surface area (Å²) in [6.45, 7) is 2.28. The number of carbonyl (C=O) groups excluding carboxylic acids is 1. The van der Waals surface area contributed by atoms with Gasteiger partial charge in [0.15, 0.2) is 0 Å². The highest BCUT2D eigenvalue weighted by molar-refractivity contribution is 5.98. The van der Waals surface area contributed by atoms with E-state index in [1.807, 2.05) is 0 Å². The van der Waals surface area contributed by atoms with Crippen molar-refractivity contribution >= 4 is 11.6 Å². The van der Waals surface area contributed by atoms with E-state index >= 15 is 0 Å². The Bertz CT molecular complexity index is 419. The van der Waals surface area contributed by atoms with Crippen LogP contribution in [0, 0.1) is 5.92 Å². The van der Waals surface area contributed by atoms with Crippen molar-refractivity contribution in [3.63, 3.8) is 0 Å². The first-order valence-corrected chi connectivity index (χ1v) is 6.67. The van der Waals surface area contributed by atoms with E-state index in [4.69, 9.17) is 5.73 Å². The molecule has 1 amide bonds. The van der Waals surface area contributed by atoms with E-state index < -0.39 is 0 Å². The highest BCUT2D eigenvalue weighted by Crippen LogP contribution is 2.23. The number of carbonyl (C=O) groups is 1. The number of rotatable bonds is 2. The first kappa shape index (κ1) is 12.9. The number of amides is 1. The Kier molecular flexibility index (Phi) is 4.18. The summed E-state index contributed by atoms with van der Waals surface area (Å²) < 4.78 is 0. The predicted molar refractivity (Wildman–Crippen MR) is 72.2 cm³/mol. The molecule has 4 nitrogen and oxygen atoms in total. The zero-order valence-corrected chi connectivity index (χ0v) is 10.9. The van der Waals surface area contributed by atoms with Crippen molar-refractivity contribution in [2.45, 2.75) is 45.1 Å². The second kappa shape index (κ2) is 5.85. The molecule has 98 valence electrons. The van der Waals surface area contributed by atoms with Gasteiger partial charge in [-0.05, 0) is 31.2 Å². The van der Waals surface area contributed by atoms with E-state index in [-0.39, 0.29) is 11.9 Å². The van der Waals surface area contributed by atoms with Crippen molar-refractivity contribution in [1.82, 2.24) is 10.3 Å². The lowest BCUT2D eigenvalue weighted by molar-refractivity contribution is 0.0933. The van der Waals surface area contributed by atoms with Crippen LogP contribution in [-0.2, 0) is 0 Å². The van der Waals surface area contributed by atoms with Crippen molar-refractivity contribution < 1.29 is 4.79 Å². The zero-order valence-electron chi connectivity index (χ0n) is 10.9. The van der Waals surface area contributed by atoms with Gasteiger partial charge in [0.05, 0.1) is 5.56 Å². The second-order valence-corrected chi connectivity index (χ2v) is 5.25. The fraction of sp³-hybridized carbons (Fsp3) is 0.571. The van der Waals surface area contributed by atoms with Gasteiger partial charge in [0, 0.05) is 24.1 Å². The molecule has 2 atom stereocenters. The molecule has 0 radical (unpaired) electrons. The van der Waals surface area contributed by atoms with E-state index in [1.165, 1.54) is 25.5 Å². The molecule has 0 aliphatic heterocycles. The van der Waals surface area contributed by atoms with Gasteiger partial charge in [-0.15, -0.1) is 0 Å². The van der Waals surface area contributed by atoms with Gasteiger partial charge < -0.3 is 11.1 Å². The Balaban J connectivity index is 1.97. The summed E-state index contributed by atoms with van der Waals surface area (Å²) in [5, 5.41) is 3.08. The lowest BCUT2D eigenvalue weighted by Gasteiger charge is -2.16. The molecule has 1 aliphatic rings. The van der Waals surface area contributed by atoms with E-state index in [0.717, 1.165) is 18.8 Å². The van der Waals surface area contributed by atoms with E-state index in [1.54, 1.807) is 12.3 Å². The molecule has 0 bridgehead atoms. The summed E-state index contributed by atoms with van der Waals surface area (Å²) in [7, 11) is 0. The number of anilines is 1. The average Bonchev–Trinajstić information content (AvgIpc) is 2.55. The Morgan fingerprint density at radius 1 is 1.39 bits per heavy atom. The topological polar surface area (TPSA) is 68.0 Å². The lowest BCUT2D eigenvalue weighted by Crippen LogP contribution is -2.34. The molecule has 18 heavy (non-hydrogen) atoms. The van der Waals surface area contributed by atoms with Crippen LogP contribution in [0.25, 0.3) is 0 Å². The minimum atomic E-state index is -0.0971. The third kappa shape index (κ3) is 3.22. The van der Waals surface area contributed by atoms with Crippen molar-refractivity contribution in [3.8, 4) is 0 Å². The smallest absolute Gasteiger partial charge is 0.255 e. The highest BCUT2D eigenvalue weighted by atomic mass is 16.1. The van der Waals surface area contributed by atoms with Crippen LogP contribution >= 0.6 is 0 Å². The van der Waals surface area contributed by atoms with Crippen LogP contribution in [0.1, 0.15) is 49.4 Å². The Morgan fingerprint density at radius 3 is 3.00 bits per heavy atom. The molecule has 1 aliphatic carbocycles. The van der Waals surface area contributed by atoms with Gasteiger partial charge in [0.1, 0.15) is 0 Å². The summed E-state index contributed by atoms with van der Waals surface area (Å²) in [6, 6.07) is 1.94. The molecule has 1 heterocycles. The van der Waals surface area contributed by atoms with Gasteiger partial charge in [0.25, 0.3) is 5.91 Å². The molecule has 4 heteroatoms. The van der Waals surface area contributed by atoms with Gasteiger partial charge in [0.2, 0.25) is 0 Å². The van der Waals surface area contributed by atoms with Crippen molar-refractivity contribution in [2.24, 2.45) is 5.92 Å². The highest BCUT2D eigenvalue weighted by Gasteiger charge is 2.19. The number of nitrogens with one attached hydrogen (secondary N) is 1. The number of hydrogen-bond donors (Lipinski definition) is 2. The SMILES string of the molecule is CC1CCCC(NC(=O)c2cnccc2N)CC1. The summed E-state index contributed by atoms with van der Waals surface area (Å²) >= 11 is 0. The van der Waals surface area contributed by atoms with Crippen LogP contribution < -0.4 is 11.1 Å². The number of pyridine rings is 1. The molecule has 0 aromatic carbocycles. The molecule has 2 rings (SSSR count). The fourth-order valence-electron chi connectivity index (χ4n) is 2.49. The van der Waals surface area contributed by atoms with Gasteiger partial charge in [-0.1, -0.05) is 19.8 Å².